The second-order valence-electron chi connectivity index (χ2n) is 4.17. The highest BCUT2D eigenvalue weighted by Crippen LogP contribution is 2.04. The number of carbonyl (C=O) groups is 2. The molecule has 0 unspecified atom stereocenters. The van der Waals surface area contributed by atoms with E-state index in [0.717, 1.165) is 6.54 Å². The van der Waals surface area contributed by atoms with Gasteiger partial charge in [-0.1, -0.05) is 0 Å². The Balaban J connectivity index is 2.51. The number of rotatable bonds is 5. The van der Waals surface area contributed by atoms with Gasteiger partial charge in [0.05, 0.1) is 5.56 Å². The topological polar surface area (TPSA) is 74.3 Å². The summed E-state index contributed by atoms with van der Waals surface area (Å²) in [6.45, 7) is 2.77. The van der Waals surface area contributed by atoms with Gasteiger partial charge >= 0.3 is 0 Å². The summed E-state index contributed by atoms with van der Waals surface area (Å²) < 4.78 is 0. The van der Waals surface area contributed by atoms with Crippen molar-refractivity contribution in [2.75, 3.05) is 32.5 Å². The van der Waals surface area contributed by atoms with Crippen LogP contribution in [0, 0.1) is 0 Å². The zero-order valence-corrected chi connectivity index (χ0v) is 10.9. The van der Waals surface area contributed by atoms with E-state index in [1.807, 2.05) is 19.0 Å². The lowest BCUT2D eigenvalue weighted by Gasteiger charge is -2.10. The monoisotopic (exact) mass is 250 g/mol. The Labute approximate surface area is 106 Å². The number of hydrogen-bond acceptors (Lipinski definition) is 4. The van der Waals surface area contributed by atoms with Crippen molar-refractivity contribution in [3.63, 3.8) is 0 Å². The molecule has 0 saturated heterocycles. The molecule has 98 valence electrons. The summed E-state index contributed by atoms with van der Waals surface area (Å²) >= 11 is 0. The van der Waals surface area contributed by atoms with Crippen LogP contribution in [0.3, 0.4) is 0 Å². The van der Waals surface area contributed by atoms with Crippen LogP contribution in [0.1, 0.15) is 17.3 Å². The van der Waals surface area contributed by atoms with Crippen molar-refractivity contribution in [2.24, 2.45) is 0 Å². The first-order chi connectivity index (χ1) is 8.49. The van der Waals surface area contributed by atoms with Crippen LogP contribution in [0.25, 0.3) is 0 Å². The highest BCUT2D eigenvalue weighted by Gasteiger charge is 2.06. The van der Waals surface area contributed by atoms with Gasteiger partial charge in [-0.05, 0) is 26.2 Å². The normalized spacial score (nSPS) is 10.2. The first kappa shape index (κ1) is 14.1. The first-order valence-corrected chi connectivity index (χ1v) is 5.65. The number of nitrogens with one attached hydrogen (secondary N) is 2. The van der Waals surface area contributed by atoms with Crippen LogP contribution in [0.2, 0.25) is 0 Å². The quantitative estimate of drug-likeness (QED) is 0.790. The molecule has 0 aliphatic rings. The van der Waals surface area contributed by atoms with E-state index in [9.17, 15) is 9.59 Å². The van der Waals surface area contributed by atoms with Gasteiger partial charge in [0.25, 0.3) is 5.91 Å². The smallest absolute Gasteiger partial charge is 0.252 e. The van der Waals surface area contributed by atoms with Gasteiger partial charge in [0.2, 0.25) is 5.91 Å². The van der Waals surface area contributed by atoms with Crippen molar-refractivity contribution in [3.8, 4) is 0 Å². The van der Waals surface area contributed by atoms with Crippen molar-refractivity contribution >= 4 is 17.6 Å². The zero-order valence-electron chi connectivity index (χ0n) is 10.9. The van der Waals surface area contributed by atoms with Gasteiger partial charge in [0.1, 0.15) is 5.82 Å². The van der Waals surface area contributed by atoms with Crippen molar-refractivity contribution in [1.82, 2.24) is 15.2 Å². The summed E-state index contributed by atoms with van der Waals surface area (Å²) in [6, 6.07) is 3.23. The van der Waals surface area contributed by atoms with E-state index in [4.69, 9.17) is 0 Å². The van der Waals surface area contributed by atoms with E-state index < -0.39 is 0 Å². The zero-order chi connectivity index (χ0) is 13.5. The van der Waals surface area contributed by atoms with Gasteiger partial charge in [-0.25, -0.2) is 4.98 Å². The fourth-order valence-electron chi connectivity index (χ4n) is 1.28. The Morgan fingerprint density at radius 1 is 1.33 bits per heavy atom. The molecule has 6 heteroatoms. The fourth-order valence-corrected chi connectivity index (χ4v) is 1.28. The summed E-state index contributed by atoms with van der Waals surface area (Å²) in [4.78, 5) is 28.5. The van der Waals surface area contributed by atoms with Crippen LogP contribution >= 0.6 is 0 Å². The SMILES string of the molecule is CC(=O)Nc1ccc(C(=O)NCCN(C)C)cn1. The van der Waals surface area contributed by atoms with Gasteiger partial charge in [-0.2, -0.15) is 0 Å². The predicted molar refractivity (Wildman–Crippen MR) is 69.4 cm³/mol. The third kappa shape index (κ3) is 4.92. The number of amides is 2. The van der Waals surface area contributed by atoms with E-state index in [2.05, 4.69) is 15.6 Å². The fraction of sp³-hybridized carbons (Fsp3) is 0.417. The van der Waals surface area contributed by atoms with E-state index >= 15 is 0 Å². The molecule has 0 aliphatic carbocycles. The van der Waals surface area contributed by atoms with Crippen LogP contribution in [0.4, 0.5) is 5.82 Å². The molecule has 1 heterocycles. The maximum atomic E-state index is 11.7. The summed E-state index contributed by atoms with van der Waals surface area (Å²) in [5, 5.41) is 5.32. The third-order valence-corrected chi connectivity index (χ3v) is 2.17. The highest BCUT2D eigenvalue weighted by atomic mass is 16.2. The van der Waals surface area contributed by atoms with Gasteiger partial charge < -0.3 is 15.5 Å². The number of pyridine rings is 1. The van der Waals surface area contributed by atoms with Gasteiger partial charge in [0, 0.05) is 26.2 Å². The summed E-state index contributed by atoms with van der Waals surface area (Å²) in [5.74, 6) is 0.0803. The lowest BCUT2D eigenvalue weighted by molar-refractivity contribution is -0.114. The minimum atomic E-state index is -0.189. The average Bonchev–Trinajstić information content (AvgIpc) is 2.28. The van der Waals surface area contributed by atoms with E-state index in [1.54, 1.807) is 12.1 Å². The number of aromatic nitrogens is 1. The Kier molecular flexibility index (Phi) is 5.26. The van der Waals surface area contributed by atoms with Gasteiger partial charge in [-0.3, -0.25) is 9.59 Å². The molecule has 0 spiro atoms. The predicted octanol–water partition coefficient (Wildman–Crippen LogP) is 0.331. The summed E-state index contributed by atoms with van der Waals surface area (Å²) in [6.07, 6.45) is 1.44. The number of likely N-dealkylation sites (N-methyl/N-ethyl adjacent to an activating group) is 1. The molecule has 0 bridgehead atoms. The lowest BCUT2D eigenvalue weighted by atomic mass is 10.2. The molecule has 1 aromatic heterocycles. The minimum absolute atomic E-state index is 0.168. The molecule has 0 fully saturated rings. The molecule has 0 saturated carbocycles. The molecule has 1 aromatic rings. The van der Waals surface area contributed by atoms with Crippen molar-refractivity contribution in [1.29, 1.82) is 0 Å². The molecular weight excluding hydrogens is 232 g/mol. The maximum Gasteiger partial charge on any atom is 0.252 e. The lowest BCUT2D eigenvalue weighted by Crippen LogP contribution is -2.31. The van der Waals surface area contributed by atoms with Crippen LogP contribution in [0.5, 0.6) is 0 Å². The largest absolute Gasteiger partial charge is 0.351 e. The number of anilines is 1. The molecule has 1 rings (SSSR count). The van der Waals surface area contributed by atoms with Crippen molar-refractivity contribution in [3.05, 3.63) is 23.9 Å². The molecule has 18 heavy (non-hydrogen) atoms. The number of nitrogens with zero attached hydrogens (tertiary/aromatic N) is 2. The molecular formula is C12H18N4O2. The molecule has 0 aliphatic heterocycles. The third-order valence-electron chi connectivity index (χ3n) is 2.17. The molecule has 0 aromatic carbocycles. The second kappa shape index (κ2) is 6.70. The van der Waals surface area contributed by atoms with Crippen molar-refractivity contribution < 1.29 is 9.59 Å². The summed E-state index contributed by atoms with van der Waals surface area (Å²) in [5.41, 5.74) is 0.475. The van der Waals surface area contributed by atoms with Crippen LogP contribution in [0.15, 0.2) is 18.3 Å². The van der Waals surface area contributed by atoms with Crippen molar-refractivity contribution in [2.45, 2.75) is 6.92 Å². The first-order valence-electron chi connectivity index (χ1n) is 5.65. The number of hydrogen-bond donors (Lipinski definition) is 2. The van der Waals surface area contributed by atoms with E-state index in [-0.39, 0.29) is 11.8 Å². The highest BCUT2D eigenvalue weighted by molar-refractivity contribution is 5.94. The molecule has 6 nitrogen and oxygen atoms in total. The molecule has 0 atom stereocenters. The standard InChI is InChI=1S/C12H18N4O2/c1-9(17)15-11-5-4-10(8-14-11)12(18)13-6-7-16(2)3/h4-5,8H,6-7H2,1-3H3,(H,13,18)(H,14,15,17). The van der Waals surface area contributed by atoms with Gasteiger partial charge in [-0.15, -0.1) is 0 Å². The summed E-state index contributed by atoms with van der Waals surface area (Å²) in [7, 11) is 3.88. The van der Waals surface area contributed by atoms with Crippen LogP contribution in [-0.2, 0) is 4.79 Å². The van der Waals surface area contributed by atoms with Crippen LogP contribution in [-0.4, -0.2) is 48.9 Å². The molecule has 0 radical (unpaired) electrons. The van der Waals surface area contributed by atoms with Crippen LogP contribution < -0.4 is 10.6 Å². The van der Waals surface area contributed by atoms with E-state index in [1.165, 1.54) is 13.1 Å². The maximum absolute atomic E-state index is 11.7. The van der Waals surface area contributed by atoms with Gasteiger partial charge in [0.15, 0.2) is 0 Å². The Bertz CT molecular complexity index is 415. The Morgan fingerprint density at radius 2 is 2.06 bits per heavy atom. The average molecular weight is 250 g/mol. The second-order valence-corrected chi connectivity index (χ2v) is 4.17. The molecule has 2 N–H and O–H groups in total. The Hall–Kier alpha value is -1.95. The number of carbonyl (C=O) groups excluding carboxylic acids is 2. The van der Waals surface area contributed by atoms with E-state index in [0.29, 0.717) is 17.9 Å². The Morgan fingerprint density at radius 3 is 2.56 bits per heavy atom. The minimum Gasteiger partial charge on any atom is -0.351 e. The molecule has 2 amide bonds.